The number of nitrogens with two attached hydrogens (primary N) is 1. The molecule has 0 aliphatic heterocycles. The summed E-state index contributed by atoms with van der Waals surface area (Å²) in [6.07, 6.45) is 0.951. The summed E-state index contributed by atoms with van der Waals surface area (Å²) < 4.78 is 0. The minimum absolute atomic E-state index is 0.0473. The van der Waals surface area contributed by atoms with Crippen molar-refractivity contribution in [3.63, 3.8) is 0 Å². The van der Waals surface area contributed by atoms with Gasteiger partial charge in [-0.2, -0.15) is 0 Å². The molecule has 0 aliphatic carbocycles. The Kier molecular flexibility index (Phi) is 4.07. The van der Waals surface area contributed by atoms with Gasteiger partial charge in [-0.25, -0.2) is 0 Å². The van der Waals surface area contributed by atoms with E-state index in [9.17, 15) is 4.79 Å². The fourth-order valence-corrected chi connectivity index (χ4v) is 1.71. The van der Waals surface area contributed by atoms with Gasteiger partial charge in [-0.1, -0.05) is 26.0 Å². The Morgan fingerprint density at radius 2 is 1.88 bits per heavy atom. The SMILES string of the molecule is CC(=O)Nc1ccc(C(C)(C)CCN)cc1. The van der Waals surface area contributed by atoms with Crippen LogP contribution in [0, 0.1) is 0 Å². The first-order valence-electron chi connectivity index (χ1n) is 5.54. The molecule has 1 rings (SSSR count). The van der Waals surface area contributed by atoms with Crippen LogP contribution in [-0.4, -0.2) is 12.5 Å². The van der Waals surface area contributed by atoms with Gasteiger partial charge in [0, 0.05) is 12.6 Å². The van der Waals surface area contributed by atoms with Crippen LogP contribution in [0.25, 0.3) is 0 Å². The summed E-state index contributed by atoms with van der Waals surface area (Å²) in [6.45, 7) is 6.53. The fraction of sp³-hybridized carbons (Fsp3) is 0.462. The highest BCUT2D eigenvalue weighted by Gasteiger charge is 2.19. The summed E-state index contributed by atoms with van der Waals surface area (Å²) in [5, 5.41) is 2.75. The molecule has 0 heterocycles. The molecule has 1 aromatic rings. The minimum Gasteiger partial charge on any atom is -0.330 e. The van der Waals surface area contributed by atoms with Crippen LogP contribution in [0.4, 0.5) is 5.69 Å². The second-order valence-electron chi connectivity index (χ2n) is 4.68. The van der Waals surface area contributed by atoms with Crippen LogP contribution in [0.1, 0.15) is 32.8 Å². The van der Waals surface area contributed by atoms with Gasteiger partial charge in [0.1, 0.15) is 0 Å². The Bertz CT molecular complexity index is 355. The summed E-state index contributed by atoms with van der Waals surface area (Å²) in [4.78, 5) is 10.9. The molecule has 0 saturated carbocycles. The van der Waals surface area contributed by atoms with Crippen LogP contribution in [-0.2, 0) is 10.2 Å². The lowest BCUT2D eigenvalue weighted by molar-refractivity contribution is -0.114. The van der Waals surface area contributed by atoms with Gasteiger partial charge < -0.3 is 11.1 Å². The highest BCUT2D eigenvalue weighted by Crippen LogP contribution is 2.27. The van der Waals surface area contributed by atoms with E-state index < -0.39 is 0 Å². The highest BCUT2D eigenvalue weighted by atomic mass is 16.1. The molecule has 0 radical (unpaired) electrons. The van der Waals surface area contributed by atoms with Crippen molar-refractivity contribution in [2.75, 3.05) is 11.9 Å². The Morgan fingerprint density at radius 3 is 2.31 bits per heavy atom. The lowest BCUT2D eigenvalue weighted by Gasteiger charge is -2.24. The van der Waals surface area contributed by atoms with Crippen molar-refractivity contribution in [1.82, 2.24) is 0 Å². The van der Waals surface area contributed by atoms with E-state index in [1.807, 2.05) is 24.3 Å². The average Bonchev–Trinajstić information content (AvgIpc) is 2.17. The van der Waals surface area contributed by atoms with Gasteiger partial charge in [-0.05, 0) is 36.1 Å². The Hall–Kier alpha value is -1.35. The molecule has 0 saturated heterocycles. The Balaban J connectivity index is 2.81. The van der Waals surface area contributed by atoms with Crippen molar-refractivity contribution in [1.29, 1.82) is 0 Å². The van der Waals surface area contributed by atoms with Crippen LogP contribution in [0.5, 0.6) is 0 Å². The maximum Gasteiger partial charge on any atom is 0.221 e. The molecule has 3 N–H and O–H groups in total. The summed E-state index contributed by atoms with van der Waals surface area (Å²) in [5.74, 6) is -0.0473. The van der Waals surface area contributed by atoms with Gasteiger partial charge >= 0.3 is 0 Å². The molecule has 88 valence electrons. The molecule has 0 fully saturated rings. The molecule has 16 heavy (non-hydrogen) atoms. The van der Waals surface area contributed by atoms with Gasteiger partial charge in [0.25, 0.3) is 0 Å². The van der Waals surface area contributed by atoms with Crippen molar-refractivity contribution in [2.24, 2.45) is 5.73 Å². The molecule has 0 bridgehead atoms. The van der Waals surface area contributed by atoms with Crippen molar-refractivity contribution in [3.8, 4) is 0 Å². The zero-order chi connectivity index (χ0) is 12.2. The van der Waals surface area contributed by atoms with Crippen molar-refractivity contribution >= 4 is 11.6 Å². The number of anilines is 1. The van der Waals surface area contributed by atoms with Crippen molar-refractivity contribution in [3.05, 3.63) is 29.8 Å². The van der Waals surface area contributed by atoms with E-state index in [4.69, 9.17) is 5.73 Å². The van der Waals surface area contributed by atoms with Crippen LogP contribution >= 0.6 is 0 Å². The topological polar surface area (TPSA) is 55.1 Å². The Labute approximate surface area is 97.0 Å². The number of hydrogen-bond donors (Lipinski definition) is 2. The van der Waals surface area contributed by atoms with Gasteiger partial charge in [0.15, 0.2) is 0 Å². The zero-order valence-corrected chi connectivity index (χ0v) is 10.2. The predicted octanol–water partition coefficient (Wildman–Crippen LogP) is 2.27. The van der Waals surface area contributed by atoms with Gasteiger partial charge in [-0.3, -0.25) is 4.79 Å². The highest BCUT2D eigenvalue weighted by molar-refractivity contribution is 5.88. The fourth-order valence-electron chi connectivity index (χ4n) is 1.71. The van der Waals surface area contributed by atoms with Crippen molar-refractivity contribution < 1.29 is 4.79 Å². The third kappa shape index (κ3) is 3.35. The number of carbonyl (C=O) groups excluding carboxylic acids is 1. The molecular weight excluding hydrogens is 200 g/mol. The molecule has 1 amide bonds. The number of nitrogens with one attached hydrogen (secondary N) is 1. The summed E-state index contributed by atoms with van der Waals surface area (Å²) in [7, 11) is 0. The minimum atomic E-state index is -0.0473. The first-order chi connectivity index (χ1) is 7.45. The first-order valence-corrected chi connectivity index (χ1v) is 5.54. The van der Waals surface area contributed by atoms with Gasteiger partial charge in [0.2, 0.25) is 5.91 Å². The van der Waals surface area contributed by atoms with Crippen LogP contribution in [0.3, 0.4) is 0 Å². The normalized spacial score (nSPS) is 11.2. The monoisotopic (exact) mass is 220 g/mol. The average molecular weight is 220 g/mol. The third-order valence-corrected chi connectivity index (χ3v) is 2.76. The third-order valence-electron chi connectivity index (χ3n) is 2.76. The smallest absolute Gasteiger partial charge is 0.221 e. The van der Waals surface area contributed by atoms with E-state index >= 15 is 0 Å². The number of benzene rings is 1. The van der Waals surface area contributed by atoms with Crippen LogP contribution in [0.2, 0.25) is 0 Å². The van der Waals surface area contributed by atoms with Crippen molar-refractivity contribution in [2.45, 2.75) is 32.6 Å². The van der Waals surface area contributed by atoms with E-state index in [0.717, 1.165) is 12.1 Å². The Morgan fingerprint density at radius 1 is 1.31 bits per heavy atom. The summed E-state index contributed by atoms with van der Waals surface area (Å²) in [6, 6.07) is 7.94. The molecule has 1 aromatic carbocycles. The van der Waals surface area contributed by atoms with E-state index in [1.54, 1.807) is 0 Å². The summed E-state index contributed by atoms with van der Waals surface area (Å²) >= 11 is 0. The largest absolute Gasteiger partial charge is 0.330 e. The number of carbonyl (C=O) groups is 1. The second-order valence-corrected chi connectivity index (χ2v) is 4.68. The standard InChI is InChI=1S/C13H20N2O/c1-10(16)15-12-6-4-11(5-7-12)13(2,3)8-9-14/h4-7H,8-9,14H2,1-3H3,(H,15,16). The quantitative estimate of drug-likeness (QED) is 0.817. The predicted molar refractivity (Wildman–Crippen MR) is 67.4 cm³/mol. The first kappa shape index (κ1) is 12.7. The maximum absolute atomic E-state index is 10.9. The second kappa shape index (κ2) is 5.12. The molecule has 0 unspecified atom stereocenters. The molecule has 0 atom stereocenters. The molecular formula is C13H20N2O. The lowest BCUT2D eigenvalue weighted by Crippen LogP contribution is -2.21. The molecule has 3 heteroatoms. The van der Waals surface area contributed by atoms with Gasteiger partial charge in [0.05, 0.1) is 0 Å². The molecule has 0 aliphatic rings. The van der Waals surface area contributed by atoms with E-state index in [0.29, 0.717) is 6.54 Å². The zero-order valence-electron chi connectivity index (χ0n) is 10.2. The number of rotatable bonds is 4. The summed E-state index contributed by atoms with van der Waals surface area (Å²) in [5.41, 5.74) is 7.75. The number of amides is 1. The van der Waals surface area contributed by atoms with Gasteiger partial charge in [-0.15, -0.1) is 0 Å². The molecule has 0 aromatic heterocycles. The van der Waals surface area contributed by atoms with E-state index in [1.165, 1.54) is 12.5 Å². The van der Waals surface area contributed by atoms with E-state index in [2.05, 4.69) is 19.2 Å². The lowest BCUT2D eigenvalue weighted by atomic mass is 9.81. The molecule has 3 nitrogen and oxygen atoms in total. The van der Waals surface area contributed by atoms with E-state index in [-0.39, 0.29) is 11.3 Å². The van der Waals surface area contributed by atoms with Crippen LogP contribution in [0.15, 0.2) is 24.3 Å². The number of hydrogen-bond acceptors (Lipinski definition) is 2. The van der Waals surface area contributed by atoms with Crippen LogP contribution < -0.4 is 11.1 Å². The maximum atomic E-state index is 10.9. The molecule has 0 spiro atoms.